The van der Waals surface area contributed by atoms with Crippen LogP contribution < -0.4 is 5.32 Å². The maximum absolute atomic E-state index is 11.8. The van der Waals surface area contributed by atoms with Gasteiger partial charge >= 0.3 is 5.97 Å². The summed E-state index contributed by atoms with van der Waals surface area (Å²) in [4.78, 5) is 23.0. The van der Waals surface area contributed by atoms with Gasteiger partial charge in [0.05, 0.1) is 0 Å². The summed E-state index contributed by atoms with van der Waals surface area (Å²) in [6, 6.07) is 0. The quantitative estimate of drug-likeness (QED) is 0.775. The van der Waals surface area contributed by atoms with Crippen molar-refractivity contribution in [2.45, 2.75) is 53.5 Å². The first-order chi connectivity index (χ1) is 6.99. The van der Waals surface area contributed by atoms with E-state index in [0.29, 0.717) is 6.42 Å². The second kappa shape index (κ2) is 4.85. The van der Waals surface area contributed by atoms with Crippen molar-refractivity contribution >= 4 is 11.9 Å². The van der Waals surface area contributed by atoms with Gasteiger partial charge in [0.25, 0.3) is 0 Å². The molecule has 0 rings (SSSR count). The van der Waals surface area contributed by atoms with Crippen LogP contribution >= 0.6 is 0 Å². The molecule has 94 valence electrons. The fourth-order valence-corrected chi connectivity index (χ4v) is 1.45. The summed E-state index contributed by atoms with van der Waals surface area (Å²) < 4.78 is 0. The van der Waals surface area contributed by atoms with E-state index in [0.717, 1.165) is 0 Å². The molecular weight excluding hydrogens is 206 g/mol. The summed E-state index contributed by atoms with van der Waals surface area (Å²) >= 11 is 0. The molecule has 1 atom stereocenters. The van der Waals surface area contributed by atoms with E-state index < -0.39 is 16.9 Å². The summed E-state index contributed by atoms with van der Waals surface area (Å²) in [5.74, 6) is -1.02. The molecule has 0 fully saturated rings. The topological polar surface area (TPSA) is 66.4 Å². The van der Waals surface area contributed by atoms with Crippen LogP contribution in [0.3, 0.4) is 0 Å². The van der Waals surface area contributed by atoms with Gasteiger partial charge < -0.3 is 10.4 Å². The minimum Gasteiger partial charge on any atom is -0.480 e. The van der Waals surface area contributed by atoms with E-state index in [4.69, 9.17) is 0 Å². The molecule has 0 radical (unpaired) electrons. The van der Waals surface area contributed by atoms with Crippen LogP contribution in [-0.2, 0) is 9.59 Å². The van der Waals surface area contributed by atoms with Gasteiger partial charge in [0, 0.05) is 5.41 Å². The lowest BCUT2D eigenvalue weighted by Gasteiger charge is -2.31. The normalized spacial score (nSPS) is 15.7. The van der Waals surface area contributed by atoms with Crippen molar-refractivity contribution in [1.29, 1.82) is 0 Å². The summed E-state index contributed by atoms with van der Waals surface area (Å²) in [6.45, 7) is 10.7. The molecule has 1 unspecified atom stereocenters. The predicted octanol–water partition coefficient (Wildman–Crippen LogP) is 2.04. The molecule has 2 N–H and O–H groups in total. The van der Waals surface area contributed by atoms with Crippen molar-refractivity contribution in [1.82, 2.24) is 5.32 Å². The van der Waals surface area contributed by atoms with Crippen LogP contribution in [0.2, 0.25) is 0 Å². The Morgan fingerprint density at radius 3 is 1.88 bits per heavy atom. The molecule has 0 saturated carbocycles. The highest BCUT2D eigenvalue weighted by Crippen LogP contribution is 2.20. The number of carboxylic acid groups (broad SMARTS) is 1. The Labute approximate surface area is 97.4 Å². The van der Waals surface area contributed by atoms with Crippen molar-refractivity contribution < 1.29 is 14.7 Å². The van der Waals surface area contributed by atoms with E-state index >= 15 is 0 Å². The number of hydrogen-bond donors (Lipinski definition) is 2. The van der Waals surface area contributed by atoms with Gasteiger partial charge in [-0.05, 0) is 19.3 Å². The molecule has 1 amide bonds. The highest BCUT2D eigenvalue weighted by atomic mass is 16.4. The van der Waals surface area contributed by atoms with Gasteiger partial charge in [0.2, 0.25) is 5.91 Å². The Hall–Kier alpha value is -1.06. The van der Waals surface area contributed by atoms with E-state index in [9.17, 15) is 14.7 Å². The van der Waals surface area contributed by atoms with E-state index in [1.165, 1.54) is 0 Å². The third-order valence-electron chi connectivity index (χ3n) is 2.36. The van der Waals surface area contributed by atoms with E-state index in [1.54, 1.807) is 27.7 Å². The molecule has 0 spiro atoms. The molecule has 0 saturated heterocycles. The predicted molar refractivity (Wildman–Crippen MR) is 63.1 cm³/mol. The largest absolute Gasteiger partial charge is 0.480 e. The van der Waals surface area contributed by atoms with Gasteiger partial charge in [0.1, 0.15) is 5.54 Å². The second-order valence-electron chi connectivity index (χ2n) is 5.94. The molecule has 0 heterocycles. The third-order valence-corrected chi connectivity index (χ3v) is 2.36. The van der Waals surface area contributed by atoms with Crippen molar-refractivity contribution in [3.05, 3.63) is 0 Å². The Morgan fingerprint density at radius 2 is 1.62 bits per heavy atom. The Balaban J connectivity index is 4.83. The molecule has 4 heteroatoms. The number of carbonyl (C=O) groups excluding carboxylic acids is 1. The minimum atomic E-state index is -1.18. The Bertz CT molecular complexity index is 278. The SMILES string of the molecule is CC(C)CC(C)(NC(=O)C(C)(C)C)C(=O)O. The van der Waals surface area contributed by atoms with Crippen LogP contribution in [0, 0.1) is 11.3 Å². The van der Waals surface area contributed by atoms with E-state index in [-0.39, 0.29) is 11.8 Å². The first kappa shape index (κ1) is 14.9. The molecule has 0 bridgehead atoms. The van der Waals surface area contributed by atoms with Crippen LogP contribution in [0.1, 0.15) is 48.0 Å². The Kier molecular flexibility index (Phi) is 4.53. The molecule has 0 aliphatic carbocycles. The number of nitrogens with one attached hydrogen (secondary N) is 1. The summed E-state index contributed by atoms with van der Waals surface area (Å²) in [7, 11) is 0. The first-order valence-electron chi connectivity index (χ1n) is 5.55. The van der Waals surface area contributed by atoms with Crippen LogP contribution in [0.15, 0.2) is 0 Å². The summed E-state index contributed by atoms with van der Waals surface area (Å²) in [5, 5.41) is 11.8. The Morgan fingerprint density at radius 1 is 1.19 bits per heavy atom. The summed E-state index contributed by atoms with van der Waals surface area (Å²) in [6.07, 6.45) is 0.421. The highest BCUT2D eigenvalue weighted by molar-refractivity contribution is 5.89. The van der Waals surface area contributed by atoms with Gasteiger partial charge in [-0.1, -0.05) is 34.6 Å². The van der Waals surface area contributed by atoms with Crippen LogP contribution in [0.5, 0.6) is 0 Å². The van der Waals surface area contributed by atoms with E-state index in [2.05, 4.69) is 5.32 Å². The molecule has 0 aliphatic heterocycles. The van der Waals surface area contributed by atoms with Crippen molar-refractivity contribution in [3.63, 3.8) is 0 Å². The number of carboxylic acids is 1. The molecule has 0 aromatic heterocycles. The number of hydrogen-bond acceptors (Lipinski definition) is 2. The average Bonchev–Trinajstić information content (AvgIpc) is 1.99. The van der Waals surface area contributed by atoms with Crippen molar-refractivity contribution in [3.8, 4) is 0 Å². The number of amides is 1. The van der Waals surface area contributed by atoms with Crippen molar-refractivity contribution in [2.24, 2.45) is 11.3 Å². The van der Waals surface area contributed by atoms with Crippen molar-refractivity contribution in [2.75, 3.05) is 0 Å². The molecule has 0 aromatic carbocycles. The fraction of sp³-hybridized carbons (Fsp3) is 0.833. The van der Waals surface area contributed by atoms with Gasteiger partial charge in [-0.25, -0.2) is 4.79 Å². The standard InChI is InChI=1S/C12H23NO3/c1-8(2)7-12(6,10(15)16)13-9(14)11(3,4)5/h8H,7H2,1-6H3,(H,13,14)(H,15,16). The van der Waals surface area contributed by atoms with Gasteiger partial charge in [-0.15, -0.1) is 0 Å². The zero-order chi connectivity index (χ0) is 13.1. The molecule has 0 aromatic rings. The first-order valence-corrected chi connectivity index (χ1v) is 5.55. The van der Waals surface area contributed by atoms with Gasteiger partial charge in [-0.2, -0.15) is 0 Å². The minimum absolute atomic E-state index is 0.210. The zero-order valence-electron chi connectivity index (χ0n) is 11.0. The molecular formula is C12H23NO3. The van der Waals surface area contributed by atoms with Crippen LogP contribution in [-0.4, -0.2) is 22.5 Å². The maximum atomic E-state index is 11.8. The van der Waals surface area contributed by atoms with E-state index in [1.807, 2.05) is 13.8 Å². The highest BCUT2D eigenvalue weighted by Gasteiger charge is 2.38. The lowest BCUT2D eigenvalue weighted by atomic mass is 9.88. The molecule has 0 aliphatic rings. The zero-order valence-corrected chi connectivity index (χ0v) is 11.0. The lowest BCUT2D eigenvalue weighted by molar-refractivity contribution is -0.149. The smallest absolute Gasteiger partial charge is 0.329 e. The van der Waals surface area contributed by atoms with Crippen LogP contribution in [0.25, 0.3) is 0 Å². The monoisotopic (exact) mass is 229 g/mol. The lowest BCUT2D eigenvalue weighted by Crippen LogP contribution is -2.55. The third kappa shape index (κ3) is 4.21. The van der Waals surface area contributed by atoms with Gasteiger partial charge in [-0.3, -0.25) is 4.79 Å². The fourth-order valence-electron chi connectivity index (χ4n) is 1.45. The second-order valence-corrected chi connectivity index (χ2v) is 5.94. The molecule has 4 nitrogen and oxygen atoms in total. The number of carbonyl (C=O) groups is 2. The summed E-state index contributed by atoms with van der Waals surface area (Å²) in [5.41, 5.74) is -1.76. The maximum Gasteiger partial charge on any atom is 0.329 e. The number of rotatable bonds is 4. The molecule has 16 heavy (non-hydrogen) atoms. The number of aliphatic carboxylic acids is 1. The van der Waals surface area contributed by atoms with Crippen LogP contribution in [0.4, 0.5) is 0 Å². The average molecular weight is 229 g/mol. The van der Waals surface area contributed by atoms with Gasteiger partial charge in [0.15, 0.2) is 0 Å².